The summed E-state index contributed by atoms with van der Waals surface area (Å²) in [7, 11) is -3.40. The zero-order valence-corrected chi connectivity index (χ0v) is 12.7. The Bertz CT molecular complexity index is 571. The summed E-state index contributed by atoms with van der Waals surface area (Å²) in [5, 5.41) is 12.2. The highest BCUT2D eigenvalue weighted by Crippen LogP contribution is 2.24. The van der Waals surface area contributed by atoms with Gasteiger partial charge in [-0.2, -0.15) is 0 Å². The molecule has 116 valence electrons. The number of carbonyl (C=O) groups excluding carboxylic acids is 1. The number of sulfone groups is 1. The van der Waals surface area contributed by atoms with E-state index in [9.17, 15) is 18.3 Å². The van der Waals surface area contributed by atoms with Gasteiger partial charge in [-0.3, -0.25) is 4.79 Å². The molecule has 0 aromatic heterocycles. The van der Waals surface area contributed by atoms with Crippen molar-refractivity contribution in [3.8, 4) is 0 Å². The smallest absolute Gasteiger partial charge is 0.221 e. The Balaban J connectivity index is 1.76. The summed E-state index contributed by atoms with van der Waals surface area (Å²) in [6.45, 7) is 0.515. The molecule has 2 rings (SSSR count). The van der Waals surface area contributed by atoms with E-state index in [1.165, 1.54) is 12.1 Å². The zero-order valence-electron chi connectivity index (χ0n) is 11.9. The molecule has 21 heavy (non-hydrogen) atoms. The van der Waals surface area contributed by atoms with Crippen molar-refractivity contribution in [1.82, 2.24) is 5.32 Å². The molecule has 0 spiro atoms. The standard InChI is InChI=1S/C15H21NO4S/c17-13-7-6-12(10-13)11-16-15(18)8-9-21(19,20)14-4-2-1-3-5-14/h1-5,12-13,17H,6-11H2,(H,16,18). The maximum absolute atomic E-state index is 12.0. The van der Waals surface area contributed by atoms with Crippen LogP contribution in [-0.2, 0) is 14.6 Å². The second-order valence-corrected chi connectivity index (χ2v) is 7.63. The number of nitrogens with one attached hydrogen (secondary N) is 1. The van der Waals surface area contributed by atoms with E-state index >= 15 is 0 Å². The Morgan fingerprint density at radius 3 is 2.57 bits per heavy atom. The predicted molar refractivity (Wildman–Crippen MR) is 79.5 cm³/mol. The van der Waals surface area contributed by atoms with Crippen molar-refractivity contribution in [2.24, 2.45) is 5.92 Å². The molecule has 1 aliphatic carbocycles. The van der Waals surface area contributed by atoms with Gasteiger partial charge in [-0.25, -0.2) is 8.42 Å². The quantitative estimate of drug-likeness (QED) is 0.825. The monoisotopic (exact) mass is 311 g/mol. The Morgan fingerprint density at radius 2 is 1.95 bits per heavy atom. The Labute approximate surface area is 125 Å². The van der Waals surface area contributed by atoms with E-state index < -0.39 is 9.84 Å². The third-order valence-electron chi connectivity index (χ3n) is 3.80. The van der Waals surface area contributed by atoms with Crippen molar-refractivity contribution >= 4 is 15.7 Å². The molecular weight excluding hydrogens is 290 g/mol. The third-order valence-corrected chi connectivity index (χ3v) is 5.53. The van der Waals surface area contributed by atoms with E-state index in [1.807, 2.05) is 0 Å². The zero-order chi connectivity index (χ0) is 15.3. The number of benzene rings is 1. The van der Waals surface area contributed by atoms with Gasteiger partial charge in [0.05, 0.1) is 16.8 Å². The van der Waals surface area contributed by atoms with Crippen LogP contribution in [0.5, 0.6) is 0 Å². The van der Waals surface area contributed by atoms with Crippen molar-refractivity contribution in [3.05, 3.63) is 30.3 Å². The van der Waals surface area contributed by atoms with Gasteiger partial charge in [-0.05, 0) is 37.3 Å². The number of rotatable bonds is 6. The van der Waals surface area contributed by atoms with Gasteiger partial charge in [0.25, 0.3) is 0 Å². The minimum absolute atomic E-state index is 0.0352. The molecular formula is C15H21NO4S. The van der Waals surface area contributed by atoms with Crippen LogP contribution in [0.4, 0.5) is 0 Å². The summed E-state index contributed by atoms with van der Waals surface area (Å²) >= 11 is 0. The van der Waals surface area contributed by atoms with Crippen molar-refractivity contribution in [2.75, 3.05) is 12.3 Å². The lowest BCUT2D eigenvalue weighted by molar-refractivity contribution is -0.120. The maximum atomic E-state index is 12.0. The van der Waals surface area contributed by atoms with E-state index in [2.05, 4.69) is 5.32 Å². The summed E-state index contributed by atoms with van der Waals surface area (Å²) in [5.74, 6) is -0.138. The number of carbonyl (C=O) groups is 1. The lowest BCUT2D eigenvalue weighted by Gasteiger charge is -2.11. The molecule has 1 amide bonds. The molecule has 2 atom stereocenters. The second-order valence-electron chi connectivity index (χ2n) is 5.52. The van der Waals surface area contributed by atoms with E-state index in [-0.39, 0.29) is 29.1 Å². The number of aliphatic hydroxyl groups excluding tert-OH is 1. The van der Waals surface area contributed by atoms with E-state index in [0.29, 0.717) is 18.9 Å². The maximum Gasteiger partial charge on any atom is 0.221 e. The Morgan fingerprint density at radius 1 is 1.24 bits per heavy atom. The Kier molecular flexibility index (Phi) is 5.36. The molecule has 2 N–H and O–H groups in total. The van der Waals surface area contributed by atoms with Crippen LogP contribution in [0.15, 0.2) is 35.2 Å². The number of amides is 1. The fourth-order valence-electron chi connectivity index (χ4n) is 2.55. The van der Waals surface area contributed by atoms with Crippen LogP contribution in [0.3, 0.4) is 0 Å². The molecule has 1 aromatic rings. The van der Waals surface area contributed by atoms with Crippen LogP contribution in [-0.4, -0.2) is 37.8 Å². The molecule has 1 saturated carbocycles. The lowest BCUT2D eigenvalue weighted by Crippen LogP contribution is -2.30. The van der Waals surface area contributed by atoms with Crippen LogP contribution in [0.25, 0.3) is 0 Å². The average Bonchev–Trinajstić information content (AvgIpc) is 2.90. The highest BCUT2D eigenvalue weighted by molar-refractivity contribution is 7.91. The largest absolute Gasteiger partial charge is 0.393 e. The normalized spacial score (nSPS) is 22.1. The molecule has 0 radical (unpaired) electrons. The molecule has 0 bridgehead atoms. The molecule has 1 aliphatic rings. The first kappa shape index (κ1) is 16.0. The van der Waals surface area contributed by atoms with E-state index in [1.54, 1.807) is 18.2 Å². The topological polar surface area (TPSA) is 83.5 Å². The molecule has 0 aliphatic heterocycles. The summed E-state index contributed by atoms with van der Waals surface area (Å²) in [6.07, 6.45) is 2.10. The van der Waals surface area contributed by atoms with E-state index in [0.717, 1.165) is 12.8 Å². The Hall–Kier alpha value is -1.40. The fourth-order valence-corrected chi connectivity index (χ4v) is 3.81. The molecule has 1 aromatic carbocycles. The van der Waals surface area contributed by atoms with Gasteiger partial charge in [0, 0.05) is 13.0 Å². The molecule has 0 saturated heterocycles. The molecule has 0 heterocycles. The van der Waals surface area contributed by atoms with E-state index in [4.69, 9.17) is 0 Å². The number of hydrogen-bond donors (Lipinski definition) is 2. The first-order chi connectivity index (χ1) is 9.97. The van der Waals surface area contributed by atoms with Gasteiger partial charge in [-0.15, -0.1) is 0 Å². The molecule has 1 fully saturated rings. The van der Waals surface area contributed by atoms with Crippen molar-refractivity contribution in [1.29, 1.82) is 0 Å². The predicted octanol–water partition coefficient (Wildman–Crippen LogP) is 1.13. The van der Waals surface area contributed by atoms with Crippen LogP contribution in [0.1, 0.15) is 25.7 Å². The summed E-state index contributed by atoms with van der Waals surface area (Å²) in [4.78, 5) is 12.0. The SMILES string of the molecule is O=C(CCS(=O)(=O)c1ccccc1)NCC1CCC(O)C1. The van der Waals surface area contributed by atoms with Crippen molar-refractivity contribution < 1.29 is 18.3 Å². The highest BCUT2D eigenvalue weighted by atomic mass is 32.2. The van der Waals surface area contributed by atoms with Crippen LogP contribution >= 0.6 is 0 Å². The fraction of sp³-hybridized carbons (Fsp3) is 0.533. The first-order valence-corrected chi connectivity index (χ1v) is 8.85. The lowest BCUT2D eigenvalue weighted by atomic mass is 10.1. The van der Waals surface area contributed by atoms with Crippen molar-refractivity contribution in [3.63, 3.8) is 0 Å². The highest BCUT2D eigenvalue weighted by Gasteiger charge is 2.23. The number of aliphatic hydroxyl groups is 1. The van der Waals surface area contributed by atoms with Gasteiger partial charge in [-0.1, -0.05) is 18.2 Å². The van der Waals surface area contributed by atoms with Crippen LogP contribution < -0.4 is 5.32 Å². The van der Waals surface area contributed by atoms with Crippen molar-refractivity contribution in [2.45, 2.75) is 36.7 Å². The van der Waals surface area contributed by atoms with Gasteiger partial charge < -0.3 is 10.4 Å². The van der Waals surface area contributed by atoms with Gasteiger partial charge in [0.1, 0.15) is 0 Å². The van der Waals surface area contributed by atoms with Gasteiger partial charge in [0.2, 0.25) is 5.91 Å². The molecule has 5 nitrogen and oxygen atoms in total. The second kappa shape index (κ2) is 7.04. The summed E-state index contributed by atoms with van der Waals surface area (Å²) in [6, 6.07) is 8.15. The minimum Gasteiger partial charge on any atom is -0.393 e. The molecule has 2 unspecified atom stereocenters. The summed E-state index contributed by atoms with van der Waals surface area (Å²) in [5.41, 5.74) is 0. The third kappa shape index (κ3) is 4.82. The van der Waals surface area contributed by atoms with Crippen LogP contribution in [0, 0.1) is 5.92 Å². The summed E-state index contributed by atoms with van der Waals surface area (Å²) < 4.78 is 24.1. The van der Waals surface area contributed by atoms with Crippen LogP contribution in [0.2, 0.25) is 0 Å². The number of hydrogen-bond acceptors (Lipinski definition) is 4. The minimum atomic E-state index is -3.40. The average molecular weight is 311 g/mol. The van der Waals surface area contributed by atoms with Gasteiger partial charge in [0.15, 0.2) is 9.84 Å². The molecule has 6 heteroatoms. The first-order valence-electron chi connectivity index (χ1n) is 7.20. The van der Waals surface area contributed by atoms with Gasteiger partial charge >= 0.3 is 0 Å².